The molecule has 1 saturated heterocycles. The third-order valence-electron chi connectivity index (χ3n) is 7.01. The molecule has 1 unspecified atom stereocenters. The molecule has 2 aliphatic rings. The number of rotatable bonds is 3. The van der Waals surface area contributed by atoms with Crippen LogP contribution in [0.5, 0.6) is 0 Å². The van der Waals surface area contributed by atoms with Crippen LogP contribution in [0.2, 0.25) is 0 Å². The zero-order chi connectivity index (χ0) is 26.6. The maximum Gasteiger partial charge on any atom is 0.253 e. The Morgan fingerprint density at radius 2 is 1.71 bits per heavy atom. The fourth-order valence-electron chi connectivity index (χ4n) is 4.52. The Hall–Kier alpha value is -3.56. The molecule has 198 valence electrons. The second-order valence-electron chi connectivity index (χ2n) is 10.3. The lowest BCUT2D eigenvalue weighted by Gasteiger charge is -2.32. The lowest BCUT2D eigenvalue weighted by Crippen LogP contribution is -2.47. The van der Waals surface area contributed by atoms with Gasteiger partial charge < -0.3 is 20.4 Å². The zero-order valence-corrected chi connectivity index (χ0v) is 23.3. The molecule has 3 aromatic rings. The first-order valence-corrected chi connectivity index (χ1v) is 14.0. The molecule has 8 nitrogen and oxygen atoms in total. The second kappa shape index (κ2) is 11.4. The van der Waals surface area contributed by atoms with Gasteiger partial charge in [-0.15, -0.1) is 11.3 Å². The van der Waals surface area contributed by atoms with Crippen molar-refractivity contribution in [1.82, 2.24) is 14.8 Å². The molecule has 2 aliphatic heterocycles. The summed E-state index contributed by atoms with van der Waals surface area (Å²) in [6, 6.07) is 13.9. The van der Waals surface area contributed by atoms with Crippen molar-refractivity contribution in [3.8, 4) is 0 Å². The number of nitrogens with one attached hydrogen (secondary N) is 2. The topological polar surface area (TPSA) is 85.2 Å². The van der Waals surface area contributed by atoms with Gasteiger partial charge in [0.15, 0.2) is 5.82 Å². The monoisotopic (exact) mass is 529 g/mol. The van der Waals surface area contributed by atoms with Crippen LogP contribution in [0, 0.1) is 5.92 Å². The second-order valence-corrected chi connectivity index (χ2v) is 11.2. The molecule has 0 bridgehead atoms. The van der Waals surface area contributed by atoms with Crippen LogP contribution in [0.3, 0.4) is 0 Å². The fraction of sp³-hybridized carbons (Fsp3) is 0.379. The number of aromatic nitrogens is 1. The Kier molecular flexibility index (Phi) is 7.85. The molecular weight excluding hydrogens is 494 g/mol. The van der Waals surface area contributed by atoms with Gasteiger partial charge in [0.1, 0.15) is 11.7 Å². The quantitative estimate of drug-likeness (QED) is 0.456. The molecule has 0 radical (unpaired) electrons. The van der Waals surface area contributed by atoms with Crippen molar-refractivity contribution in [2.45, 2.75) is 33.6 Å². The molecule has 0 spiro atoms. The minimum atomic E-state index is 0.0949. The predicted molar refractivity (Wildman–Crippen MR) is 158 cm³/mol. The van der Waals surface area contributed by atoms with Crippen molar-refractivity contribution in [3.63, 3.8) is 0 Å². The summed E-state index contributed by atoms with van der Waals surface area (Å²) in [5.41, 5.74) is 6.57. The van der Waals surface area contributed by atoms with Crippen molar-refractivity contribution in [2.24, 2.45) is 15.9 Å². The lowest BCUT2D eigenvalue weighted by atomic mass is 10.0. The van der Waals surface area contributed by atoms with E-state index in [0.29, 0.717) is 5.82 Å². The number of likely N-dealkylation sites (N-methyl/N-ethyl adjacent to an activating group) is 1. The number of anilines is 2. The molecular formula is C29H35N7OS. The van der Waals surface area contributed by atoms with Gasteiger partial charge in [-0.05, 0) is 75.4 Å². The van der Waals surface area contributed by atoms with Crippen LogP contribution in [0.4, 0.5) is 11.4 Å². The number of benzene rings is 2. The van der Waals surface area contributed by atoms with Crippen molar-refractivity contribution in [2.75, 3.05) is 43.9 Å². The van der Waals surface area contributed by atoms with E-state index >= 15 is 0 Å². The summed E-state index contributed by atoms with van der Waals surface area (Å²) in [5.74, 6) is 2.82. The number of piperazine rings is 1. The van der Waals surface area contributed by atoms with Gasteiger partial charge in [0.05, 0.1) is 15.7 Å². The Balaban J connectivity index is 1.31. The van der Waals surface area contributed by atoms with E-state index in [-0.39, 0.29) is 11.8 Å². The molecule has 5 rings (SSSR count). The van der Waals surface area contributed by atoms with Crippen molar-refractivity contribution in [3.05, 3.63) is 64.9 Å². The van der Waals surface area contributed by atoms with Gasteiger partial charge in [-0.3, -0.25) is 4.79 Å². The van der Waals surface area contributed by atoms with Crippen LogP contribution in [-0.2, 0) is 0 Å². The summed E-state index contributed by atoms with van der Waals surface area (Å²) in [6.45, 7) is 9.63. The van der Waals surface area contributed by atoms with Crippen molar-refractivity contribution >= 4 is 50.5 Å². The molecule has 2 N–H and O–H groups in total. The van der Waals surface area contributed by atoms with Crippen LogP contribution in [0.25, 0.3) is 10.2 Å². The first kappa shape index (κ1) is 26.1. The van der Waals surface area contributed by atoms with E-state index < -0.39 is 0 Å². The number of amidine groups is 2. The zero-order valence-electron chi connectivity index (χ0n) is 22.5. The van der Waals surface area contributed by atoms with E-state index in [9.17, 15) is 4.79 Å². The van der Waals surface area contributed by atoms with Gasteiger partial charge in [0.2, 0.25) is 0 Å². The summed E-state index contributed by atoms with van der Waals surface area (Å²) in [4.78, 5) is 31.3. The summed E-state index contributed by atoms with van der Waals surface area (Å²) >= 11 is 1.63. The third-order valence-corrected chi connectivity index (χ3v) is 7.80. The molecule has 1 amide bonds. The Labute approximate surface area is 228 Å². The first-order valence-electron chi connectivity index (χ1n) is 13.1. The third kappa shape index (κ3) is 6.11. The molecule has 0 saturated carbocycles. The van der Waals surface area contributed by atoms with E-state index in [0.717, 1.165) is 83.4 Å². The molecule has 38 heavy (non-hydrogen) atoms. The molecule has 3 heterocycles. The summed E-state index contributed by atoms with van der Waals surface area (Å²) < 4.78 is 1.15. The number of amides is 1. The number of fused-ring (bicyclic) bond motifs is 1. The van der Waals surface area contributed by atoms with E-state index in [1.54, 1.807) is 11.3 Å². The smallest absolute Gasteiger partial charge is 0.253 e. The number of hydrogen-bond donors (Lipinski definition) is 2. The number of allylic oxidation sites excluding steroid dienone is 1. The minimum Gasteiger partial charge on any atom is -0.344 e. The van der Waals surface area contributed by atoms with Crippen LogP contribution in [0.15, 0.2) is 69.4 Å². The molecule has 2 aromatic carbocycles. The number of thiazole rings is 1. The molecule has 1 aromatic heterocycles. The largest absolute Gasteiger partial charge is 0.344 e. The lowest BCUT2D eigenvalue weighted by molar-refractivity contribution is 0.0664. The standard InChI is InChI=1S/C29H35N7OS/c1-19(2)27-33-26(31-22-8-6-21(7-9-22)29(37)36-15-13-35(4)14-16-36)12-5-20(3)28(34-27)32-23-10-11-24-25(17-23)38-18-30-24/h6-11,17-18,20H,5,12-16H2,1-4H3,(H,31,33)(H,32,34). The highest BCUT2D eigenvalue weighted by molar-refractivity contribution is 7.16. The number of nitrogens with zero attached hydrogens (tertiary/aromatic N) is 5. The highest BCUT2D eigenvalue weighted by Gasteiger charge is 2.21. The summed E-state index contributed by atoms with van der Waals surface area (Å²) in [7, 11) is 2.09. The first-order chi connectivity index (χ1) is 18.4. The Morgan fingerprint density at radius 3 is 2.45 bits per heavy atom. The number of hydrogen-bond acceptors (Lipinski definition) is 8. The van der Waals surface area contributed by atoms with Gasteiger partial charge in [0, 0.05) is 55.5 Å². The number of carbonyl (C=O) groups excluding carboxylic acids is 1. The van der Waals surface area contributed by atoms with Crippen molar-refractivity contribution in [1.29, 1.82) is 0 Å². The van der Waals surface area contributed by atoms with Gasteiger partial charge >= 0.3 is 0 Å². The van der Waals surface area contributed by atoms with Gasteiger partial charge in [-0.25, -0.2) is 15.0 Å². The van der Waals surface area contributed by atoms with E-state index in [2.05, 4.69) is 40.6 Å². The summed E-state index contributed by atoms with van der Waals surface area (Å²) in [6.07, 6.45) is 1.69. The number of aliphatic imine (C=N–C) groups is 2. The Morgan fingerprint density at radius 1 is 0.974 bits per heavy atom. The number of carbonyl (C=O) groups is 1. The molecule has 1 fully saturated rings. The average molecular weight is 530 g/mol. The van der Waals surface area contributed by atoms with Crippen LogP contribution >= 0.6 is 11.3 Å². The fourth-order valence-corrected chi connectivity index (χ4v) is 5.24. The van der Waals surface area contributed by atoms with E-state index in [1.165, 1.54) is 0 Å². The molecule has 0 aliphatic carbocycles. The van der Waals surface area contributed by atoms with E-state index in [4.69, 9.17) is 9.98 Å². The van der Waals surface area contributed by atoms with Crippen LogP contribution < -0.4 is 10.6 Å². The molecule has 9 heteroatoms. The minimum absolute atomic E-state index is 0.0949. The summed E-state index contributed by atoms with van der Waals surface area (Å²) in [5, 5.41) is 7.02. The van der Waals surface area contributed by atoms with Gasteiger partial charge in [0.25, 0.3) is 5.91 Å². The maximum atomic E-state index is 12.9. The van der Waals surface area contributed by atoms with E-state index in [1.807, 2.05) is 60.7 Å². The van der Waals surface area contributed by atoms with Gasteiger partial charge in [-0.2, -0.15) is 0 Å². The predicted octanol–water partition coefficient (Wildman–Crippen LogP) is 5.69. The van der Waals surface area contributed by atoms with Crippen molar-refractivity contribution < 1.29 is 4.79 Å². The van der Waals surface area contributed by atoms with Crippen LogP contribution in [-0.4, -0.2) is 65.6 Å². The van der Waals surface area contributed by atoms with Gasteiger partial charge in [-0.1, -0.05) is 6.92 Å². The average Bonchev–Trinajstić information content (AvgIpc) is 3.38. The Bertz CT molecular complexity index is 1390. The maximum absolute atomic E-state index is 12.9. The highest BCUT2D eigenvalue weighted by Crippen LogP contribution is 2.25. The normalized spacial score (nSPS) is 18.9. The van der Waals surface area contributed by atoms with Crippen LogP contribution in [0.1, 0.15) is 44.0 Å². The highest BCUT2D eigenvalue weighted by atomic mass is 32.1. The SMILES string of the molecule is CC(C)=C1N=C(Nc2ccc(C(=O)N3CCN(C)CC3)cc2)CCC(C)C(Nc2ccc3ncsc3c2)=N1. The molecule has 1 atom stereocenters.